The fourth-order valence-electron chi connectivity index (χ4n) is 1.81. The van der Waals surface area contributed by atoms with E-state index >= 15 is 0 Å². The van der Waals surface area contributed by atoms with E-state index in [1.807, 2.05) is 26.0 Å². The van der Waals surface area contributed by atoms with E-state index in [9.17, 15) is 4.79 Å². The number of carbonyl (C=O) groups excluding carboxylic acids is 1. The molecule has 0 N–H and O–H groups in total. The van der Waals surface area contributed by atoms with Gasteiger partial charge in [-0.1, -0.05) is 0 Å². The lowest BCUT2D eigenvalue weighted by molar-refractivity contribution is -0.118. The maximum Gasteiger partial charge on any atom is 0.140 e. The van der Waals surface area contributed by atoms with Crippen molar-refractivity contribution in [1.82, 2.24) is 14.8 Å². The van der Waals surface area contributed by atoms with Crippen LogP contribution in [0.5, 0.6) is 0 Å². The molecular formula is C13H17N3O2. The maximum atomic E-state index is 11.9. The molecule has 0 aliphatic carbocycles. The molecule has 0 atom stereocenters. The zero-order valence-corrected chi connectivity index (χ0v) is 10.7. The molecule has 0 bridgehead atoms. The maximum absolute atomic E-state index is 11.9. The number of ketones is 1. The first-order valence-corrected chi connectivity index (χ1v) is 6.09. The number of Topliss-reactive ketones (excluding diaryl/α,β-unsaturated/α-hetero) is 1. The number of aromatic nitrogens is 3. The summed E-state index contributed by atoms with van der Waals surface area (Å²) in [6.45, 7) is 4.04. The lowest BCUT2D eigenvalue weighted by Crippen LogP contribution is -2.13. The van der Waals surface area contributed by atoms with E-state index in [4.69, 9.17) is 4.42 Å². The topological polar surface area (TPSA) is 60.9 Å². The Kier molecular flexibility index (Phi) is 3.92. The zero-order valence-electron chi connectivity index (χ0n) is 10.7. The third-order valence-corrected chi connectivity index (χ3v) is 2.72. The van der Waals surface area contributed by atoms with Crippen molar-refractivity contribution in [2.75, 3.05) is 0 Å². The zero-order chi connectivity index (χ0) is 13.0. The van der Waals surface area contributed by atoms with Gasteiger partial charge in [-0.25, -0.2) is 9.67 Å². The minimum Gasteiger partial charge on any atom is -0.469 e. The van der Waals surface area contributed by atoms with Gasteiger partial charge in [0.05, 0.1) is 12.7 Å². The first kappa shape index (κ1) is 12.5. The largest absolute Gasteiger partial charge is 0.469 e. The summed E-state index contributed by atoms with van der Waals surface area (Å²) in [5.74, 6) is 1.73. The Morgan fingerprint density at radius 3 is 3.00 bits per heavy atom. The van der Waals surface area contributed by atoms with Gasteiger partial charge in [0.2, 0.25) is 0 Å². The lowest BCUT2D eigenvalue weighted by Gasteiger charge is -2.08. The SMILES string of the molecule is CC(C)n1ncnc1CC(=O)CCc1ccco1. The smallest absolute Gasteiger partial charge is 0.140 e. The summed E-state index contributed by atoms with van der Waals surface area (Å²) in [5, 5.41) is 4.11. The summed E-state index contributed by atoms with van der Waals surface area (Å²) in [6.07, 6.45) is 4.56. The van der Waals surface area contributed by atoms with Gasteiger partial charge in [-0.05, 0) is 26.0 Å². The average molecular weight is 247 g/mol. The Morgan fingerprint density at radius 1 is 1.50 bits per heavy atom. The highest BCUT2D eigenvalue weighted by Crippen LogP contribution is 2.09. The summed E-state index contributed by atoms with van der Waals surface area (Å²) in [6, 6.07) is 3.93. The first-order valence-electron chi connectivity index (χ1n) is 6.09. The van der Waals surface area contributed by atoms with Gasteiger partial charge in [0, 0.05) is 18.9 Å². The van der Waals surface area contributed by atoms with Crippen LogP contribution >= 0.6 is 0 Å². The van der Waals surface area contributed by atoms with Gasteiger partial charge in [-0.15, -0.1) is 0 Å². The molecule has 2 aromatic heterocycles. The molecular weight excluding hydrogens is 230 g/mol. The van der Waals surface area contributed by atoms with Crippen molar-refractivity contribution in [3.63, 3.8) is 0 Å². The number of furan rings is 1. The third kappa shape index (κ3) is 3.06. The lowest BCUT2D eigenvalue weighted by atomic mass is 10.1. The number of rotatable bonds is 6. The van der Waals surface area contributed by atoms with Gasteiger partial charge in [-0.3, -0.25) is 4.79 Å². The summed E-state index contributed by atoms with van der Waals surface area (Å²) in [7, 11) is 0. The molecule has 5 nitrogen and oxygen atoms in total. The summed E-state index contributed by atoms with van der Waals surface area (Å²) in [5.41, 5.74) is 0. The van der Waals surface area contributed by atoms with Crippen LogP contribution in [0.1, 0.15) is 37.9 Å². The molecule has 0 saturated heterocycles. The van der Waals surface area contributed by atoms with Crippen molar-refractivity contribution in [2.45, 2.75) is 39.2 Å². The molecule has 0 radical (unpaired) electrons. The van der Waals surface area contributed by atoms with E-state index in [1.54, 1.807) is 10.9 Å². The first-order chi connectivity index (χ1) is 8.66. The van der Waals surface area contributed by atoms with Crippen molar-refractivity contribution >= 4 is 5.78 Å². The predicted octanol–water partition coefficient (Wildman–Crippen LogP) is 2.20. The normalized spacial score (nSPS) is 11.1. The minimum atomic E-state index is 0.154. The second-order valence-corrected chi connectivity index (χ2v) is 4.51. The van der Waals surface area contributed by atoms with Crippen LogP contribution in [0.3, 0.4) is 0 Å². The van der Waals surface area contributed by atoms with Gasteiger partial charge in [0.15, 0.2) is 0 Å². The molecule has 0 amide bonds. The van der Waals surface area contributed by atoms with Gasteiger partial charge in [-0.2, -0.15) is 5.10 Å². The number of nitrogens with zero attached hydrogens (tertiary/aromatic N) is 3. The highest BCUT2D eigenvalue weighted by molar-refractivity contribution is 5.80. The number of carbonyl (C=O) groups is 1. The third-order valence-electron chi connectivity index (χ3n) is 2.72. The second-order valence-electron chi connectivity index (χ2n) is 4.51. The Balaban J connectivity index is 1.89. The molecule has 0 saturated carbocycles. The van der Waals surface area contributed by atoms with Crippen LogP contribution < -0.4 is 0 Å². The molecule has 0 aliphatic rings. The molecule has 2 aromatic rings. The van der Waals surface area contributed by atoms with Crippen LogP contribution in [-0.2, 0) is 17.6 Å². The van der Waals surface area contributed by atoms with Crippen molar-refractivity contribution in [2.24, 2.45) is 0 Å². The summed E-state index contributed by atoms with van der Waals surface area (Å²) in [4.78, 5) is 16.0. The Labute approximate surface area is 106 Å². The fourth-order valence-corrected chi connectivity index (χ4v) is 1.81. The highest BCUT2D eigenvalue weighted by Gasteiger charge is 2.12. The Morgan fingerprint density at radius 2 is 2.33 bits per heavy atom. The molecule has 5 heteroatoms. The second kappa shape index (κ2) is 5.62. The van der Waals surface area contributed by atoms with Crippen LogP contribution in [-0.4, -0.2) is 20.5 Å². The number of hydrogen-bond acceptors (Lipinski definition) is 4. The van der Waals surface area contributed by atoms with Crippen LogP contribution in [0, 0.1) is 0 Å². The Hall–Kier alpha value is -1.91. The van der Waals surface area contributed by atoms with E-state index in [-0.39, 0.29) is 11.8 Å². The van der Waals surface area contributed by atoms with Crippen LogP contribution in [0.25, 0.3) is 0 Å². The molecule has 0 aromatic carbocycles. The van der Waals surface area contributed by atoms with Crippen LogP contribution in [0.4, 0.5) is 0 Å². The molecule has 2 heterocycles. The van der Waals surface area contributed by atoms with Crippen LogP contribution in [0.15, 0.2) is 29.1 Å². The molecule has 96 valence electrons. The van der Waals surface area contributed by atoms with Crippen molar-refractivity contribution in [3.8, 4) is 0 Å². The van der Waals surface area contributed by atoms with E-state index in [1.165, 1.54) is 6.33 Å². The number of aryl methyl sites for hydroxylation is 1. The average Bonchev–Trinajstić information content (AvgIpc) is 2.96. The van der Waals surface area contributed by atoms with Crippen molar-refractivity contribution in [1.29, 1.82) is 0 Å². The monoisotopic (exact) mass is 247 g/mol. The molecule has 0 fully saturated rings. The predicted molar refractivity (Wildman–Crippen MR) is 66.1 cm³/mol. The van der Waals surface area contributed by atoms with E-state index in [0.29, 0.717) is 19.3 Å². The standard InChI is InChI=1S/C13H17N3O2/c1-10(2)16-13(14-9-15-16)8-11(17)5-6-12-4-3-7-18-12/h3-4,7,9-10H,5-6,8H2,1-2H3. The van der Waals surface area contributed by atoms with Gasteiger partial charge < -0.3 is 4.42 Å². The number of hydrogen-bond donors (Lipinski definition) is 0. The molecule has 18 heavy (non-hydrogen) atoms. The van der Waals surface area contributed by atoms with Gasteiger partial charge in [0.1, 0.15) is 23.7 Å². The van der Waals surface area contributed by atoms with Gasteiger partial charge >= 0.3 is 0 Å². The van der Waals surface area contributed by atoms with Crippen molar-refractivity contribution < 1.29 is 9.21 Å². The van der Waals surface area contributed by atoms with Crippen molar-refractivity contribution in [3.05, 3.63) is 36.3 Å². The molecule has 0 spiro atoms. The molecule has 2 rings (SSSR count). The van der Waals surface area contributed by atoms with Crippen LogP contribution in [0.2, 0.25) is 0 Å². The highest BCUT2D eigenvalue weighted by atomic mass is 16.3. The fraction of sp³-hybridized carbons (Fsp3) is 0.462. The van der Waals surface area contributed by atoms with Gasteiger partial charge in [0.25, 0.3) is 0 Å². The quantitative estimate of drug-likeness (QED) is 0.785. The summed E-state index contributed by atoms with van der Waals surface area (Å²) >= 11 is 0. The Bertz CT molecular complexity index is 500. The minimum absolute atomic E-state index is 0.154. The van der Waals surface area contributed by atoms with E-state index in [2.05, 4.69) is 10.1 Å². The summed E-state index contributed by atoms with van der Waals surface area (Å²) < 4.78 is 6.98. The molecule has 0 unspecified atom stereocenters. The van der Waals surface area contributed by atoms with E-state index < -0.39 is 0 Å². The molecule has 0 aliphatic heterocycles. The van der Waals surface area contributed by atoms with E-state index in [0.717, 1.165) is 11.6 Å².